The Kier molecular flexibility index (Phi) is 7.39. The standard InChI is InChI=1S/C28H42N4OS/c1-27(2)12-13-28(3,4)23-18-21(8-9-22(23)27)24-19-34-25(30-24)20-10-16-32(17-11-20)26(33)29-14-7-15-31(5)6/h8-9,18-20H,7,10-17H2,1-6H3,(H,29,33). The summed E-state index contributed by atoms with van der Waals surface area (Å²) in [6, 6.07) is 7.10. The summed E-state index contributed by atoms with van der Waals surface area (Å²) in [7, 11) is 4.12. The Bertz CT molecular complexity index is 1000. The summed E-state index contributed by atoms with van der Waals surface area (Å²) in [5.41, 5.74) is 5.77. The lowest BCUT2D eigenvalue weighted by atomic mass is 9.63. The van der Waals surface area contributed by atoms with Crippen LogP contribution in [-0.4, -0.2) is 61.1 Å². The molecule has 2 aliphatic rings. The summed E-state index contributed by atoms with van der Waals surface area (Å²) >= 11 is 1.78. The summed E-state index contributed by atoms with van der Waals surface area (Å²) in [5, 5.41) is 6.52. The second kappa shape index (κ2) is 9.98. The van der Waals surface area contributed by atoms with Crippen LogP contribution in [0.2, 0.25) is 0 Å². The monoisotopic (exact) mass is 482 g/mol. The number of nitrogens with one attached hydrogen (secondary N) is 1. The fraction of sp³-hybridized carbons (Fsp3) is 0.643. The van der Waals surface area contributed by atoms with Crippen LogP contribution in [0.5, 0.6) is 0 Å². The second-order valence-corrected chi connectivity index (χ2v) is 12.6. The maximum Gasteiger partial charge on any atom is 0.317 e. The Morgan fingerprint density at radius 2 is 1.79 bits per heavy atom. The quantitative estimate of drug-likeness (QED) is 0.514. The van der Waals surface area contributed by atoms with E-state index in [0.717, 1.165) is 51.1 Å². The van der Waals surface area contributed by atoms with Crippen molar-refractivity contribution in [2.24, 2.45) is 0 Å². The van der Waals surface area contributed by atoms with Gasteiger partial charge in [0.15, 0.2) is 0 Å². The van der Waals surface area contributed by atoms with Gasteiger partial charge in [-0.2, -0.15) is 0 Å². The Labute approximate surface area is 210 Å². The number of likely N-dealkylation sites (tertiary alicyclic amines) is 1. The highest BCUT2D eigenvalue weighted by Gasteiger charge is 2.37. The fourth-order valence-corrected chi connectivity index (χ4v) is 6.39. The van der Waals surface area contributed by atoms with Crippen LogP contribution in [0.4, 0.5) is 4.79 Å². The highest BCUT2D eigenvalue weighted by molar-refractivity contribution is 7.10. The molecular formula is C28H42N4OS. The minimum absolute atomic E-state index is 0.0802. The molecule has 1 aliphatic heterocycles. The average Bonchev–Trinajstić information content (AvgIpc) is 3.30. The number of carbonyl (C=O) groups is 1. The Hall–Kier alpha value is -1.92. The minimum atomic E-state index is 0.0802. The number of fused-ring (bicyclic) bond motifs is 1. The van der Waals surface area contributed by atoms with E-state index in [-0.39, 0.29) is 16.9 Å². The number of piperidine rings is 1. The molecule has 6 heteroatoms. The van der Waals surface area contributed by atoms with E-state index >= 15 is 0 Å². The molecular weight excluding hydrogens is 440 g/mol. The first kappa shape index (κ1) is 25.2. The van der Waals surface area contributed by atoms with Gasteiger partial charge in [0.25, 0.3) is 0 Å². The van der Waals surface area contributed by atoms with Crippen molar-refractivity contribution in [3.05, 3.63) is 39.7 Å². The number of nitrogens with zero attached hydrogens (tertiary/aromatic N) is 3. The molecule has 0 atom stereocenters. The summed E-state index contributed by atoms with van der Waals surface area (Å²) in [5.74, 6) is 0.449. The molecule has 2 aromatic rings. The van der Waals surface area contributed by atoms with Gasteiger partial charge in [-0.25, -0.2) is 9.78 Å². The summed E-state index contributed by atoms with van der Waals surface area (Å²) < 4.78 is 0. The largest absolute Gasteiger partial charge is 0.338 e. The first-order valence-corrected chi connectivity index (χ1v) is 13.7. The van der Waals surface area contributed by atoms with Crippen LogP contribution < -0.4 is 5.32 Å². The van der Waals surface area contributed by atoms with Crippen molar-refractivity contribution in [3.8, 4) is 11.3 Å². The smallest absolute Gasteiger partial charge is 0.317 e. The maximum atomic E-state index is 12.5. The van der Waals surface area contributed by atoms with Gasteiger partial charge in [-0.15, -0.1) is 11.3 Å². The molecule has 0 saturated carbocycles. The van der Waals surface area contributed by atoms with Gasteiger partial charge in [0.2, 0.25) is 0 Å². The lowest BCUT2D eigenvalue weighted by molar-refractivity contribution is 0.181. The minimum Gasteiger partial charge on any atom is -0.338 e. The molecule has 1 saturated heterocycles. The third-order valence-electron chi connectivity index (χ3n) is 7.86. The van der Waals surface area contributed by atoms with E-state index in [2.05, 4.69) is 75.6 Å². The van der Waals surface area contributed by atoms with Crippen molar-refractivity contribution < 1.29 is 4.79 Å². The van der Waals surface area contributed by atoms with Crippen LogP contribution in [0.25, 0.3) is 11.3 Å². The average molecular weight is 483 g/mol. The summed E-state index contributed by atoms with van der Waals surface area (Å²) in [6.07, 6.45) is 5.42. The molecule has 5 nitrogen and oxygen atoms in total. The Morgan fingerprint density at radius 1 is 1.12 bits per heavy atom. The summed E-state index contributed by atoms with van der Waals surface area (Å²) in [4.78, 5) is 21.7. The molecule has 1 aromatic carbocycles. The van der Waals surface area contributed by atoms with Gasteiger partial charge in [-0.05, 0) is 80.8 Å². The van der Waals surface area contributed by atoms with E-state index < -0.39 is 0 Å². The molecule has 1 fully saturated rings. The maximum absolute atomic E-state index is 12.5. The zero-order valence-corrected chi connectivity index (χ0v) is 22.7. The number of amides is 2. The molecule has 1 aromatic heterocycles. The van der Waals surface area contributed by atoms with E-state index in [4.69, 9.17) is 4.98 Å². The van der Waals surface area contributed by atoms with E-state index in [1.54, 1.807) is 11.3 Å². The summed E-state index contributed by atoms with van der Waals surface area (Å²) in [6.45, 7) is 12.8. The molecule has 34 heavy (non-hydrogen) atoms. The van der Waals surface area contributed by atoms with E-state index in [1.807, 2.05) is 4.90 Å². The van der Waals surface area contributed by atoms with Gasteiger partial charge >= 0.3 is 6.03 Å². The van der Waals surface area contributed by atoms with Gasteiger partial charge in [-0.1, -0.05) is 39.8 Å². The molecule has 4 rings (SSSR count). The molecule has 186 valence electrons. The molecule has 2 amide bonds. The third kappa shape index (κ3) is 5.49. The number of rotatable bonds is 6. The number of carbonyl (C=O) groups excluding carboxylic acids is 1. The van der Waals surface area contributed by atoms with E-state index in [0.29, 0.717) is 5.92 Å². The first-order chi connectivity index (χ1) is 16.1. The SMILES string of the molecule is CN(C)CCCNC(=O)N1CCC(c2nc(-c3ccc4c(c3)C(C)(C)CCC4(C)C)cs2)CC1. The van der Waals surface area contributed by atoms with Gasteiger partial charge < -0.3 is 15.1 Å². The number of urea groups is 1. The van der Waals surface area contributed by atoms with Gasteiger partial charge in [-0.3, -0.25) is 0 Å². The van der Waals surface area contributed by atoms with Crippen LogP contribution in [0, 0.1) is 0 Å². The van der Waals surface area contributed by atoms with Crippen molar-refractivity contribution in [1.29, 1.82) is 0 Å². The number of hydrogen-bond acceptors (Lipinski definition) is 4. The molecule has 0 unspecified atom stereocenters. The van der Waals surface area contributed by atoms with Gasteiger partial charge in [0.1, 0.15) is 0 Å². The molecule has 0 bridgehead atoms. The number of benzene rings is 1. The predicted octanol–water partition coefficient (Wildman–Crippen LogP) is 6.00. The lowest BCUT2D eigenvalue weighted by Crippen LogP contribution is -2.44. The Morgan fingerprint density at radius 3 is 2.47 bits per heavy atom. The number of aromatic nitrogens is 1. The predicted molar refractivity (Wildman–Crippen MR) is 143 cm³/mol. The van der Waals surface area contributed by atoms with Crippen LogP contribution in [0.3, 0.4) is 0 Å². The van der Waals surface area contributed by atoms with E-state index in [9.17, 15) is 4.79 Å². The zero-order valence-electron chi connectivity index (χ0n) is 21.9. The number of thiazole rings is 1. The van der Waals surface area contributed by atoms with Crippen LogP contribution in [-0.2, 0) is 10.8 Å². The molecule has 2 heterocycles. The molecule has 0 spiro atoms. The van der Waals surface area contributed by atoms with Crippen molar-refractivity contribution in [3.63, 3.8) is 0 Å². The first-order valence-electron chi connectivity index (χ1n) is 12.9. The van der Waals surface area contributed by atoms with Crippen LogP contribution in [0.1, 0.15) is 81.9 Å². The van der Waals surface area contributed by atoms with Crippen molar-refractivity contribution in [1.82, 2.24) is 20.1 Å². The van der Waals surface area contributed by atoms with Crippen molar-refractivity contribution in [2.75, 3.05) is 40.3 Å². The lowest BCUT2D eigenvalue weighted by Gasteiger charge is -2.42. The Balaban J connectivity index is 1.38. The number of hydrogen-bond donors (Lipinski definition) is 1. The third-order valence-corrected chi connectivity index (χ3v) is 8.87. The molecule has 0 radical (unpaired) electrons. The second-order valence-electron chi connectivity index (χ2n) is 11.7. The topological polar surface area (TPSA) is 48.5 Å². The molecule has 1 aliphatic carbocycles. The highest BCUT2D eigenvalue weighted by Crippen LogP contribution is 2.47. The van der Waals surface area contributed by atoms with Crippen LogP contribution >= 0.6 is 11.3 Å². The van der Waals surface area contributed by atoms with Crippen molar-refractivity contribution >= 4 is 17.4 Å². The van der Waals surface area contributed by atoms with Gasteiger partial charge in [0, 0.05) is 36.5 Å². The van der Waals surface area contributed by atoms with E-state index in [1.165, 1.54) is 34.5 Å². The fourth-order valence-electron chi connectivity index (χ4n) is 5.39. The van der Waals surface area contributed by atoms with Crippen LogP contribution in [0.15, 0.2) is 23.6 Å². The highest BCUT2D eigenvalue weighted by atomic mass is 32.1. The zero-order chi connectivity index (χ0) is 24.5. The van der Waals surface area contributed by atoms with Gasteiger partial charge in [0.05, 0.1) is 10.7 Å². The normalized spacial score (nSPS) is 19.8. The van der Waals surface area contributed by atoms with Crippen molar-refractivity contribution in [2.45, 2.75) is 76.5 Å². The molecule has 1 N–H and O–H groups in total.